The predicted octanol–water partition coefficient (Wildman–Crippen LogP) is 3.68. The number of aliphatic hydroxyl groups is 1. The molecule has 0 spiro atoms. The lowest BCUT2D eigenvalue weighted by Gasteiger charge is -2.30. The smallest absolute Gasteiger partial charge is 0.223 e. The molecule has 1 amide bonds. The Bertz CT molecular complexity index is 675. The minimum absolute atomic E-state index is 0.0345. The maximum absolute atomic E-state index is 12.9. The van der Waals surface area contributed by atoms with Crippen LogP contribution in [0.25, 0.3) is 0 Å². The van der Waals surface area contributed by atoms with Gasteiger partial charge in [-0.3, -0.25) is 4.79 Å². The number of amides is 1. The third kappa shape index (κ3) is 6.35. The van der Waals surface area contributed by atoms with Crippen LogP contribution in [-0.4, -0.2) is 54.8 Å². The van der Waals surface area contributed by atoms with Crippen molar-refractivity contribution in [1.82, 2.24) is 10.2 Å². The third-order valence-corrected chi connectivity index (χ3v) is 6.21. The maximum Gasteiger partial charge on any atom is 0.223 e. The fourth-order valence-electron chi connectivity index (χ4n) is 4.28. The summed E-state index contributed by atoms with van der Waals surface area (Å²) in [4.78, 5) is 15.2. The first kappa shape index (κ1) is 22.9. The number of rotatable bonds is 11. The molecule has 2 N–H and O–H groups in total. The summed E-state index contributed by atoms with van der Waals surface area (Å²) in [6, 6.07) is 5.21. The van der Waals surface area contributed by atoms with Gasteiger partial charge in [-0.2, -0.15) is 0 Å². The van der Waals surface area contributed by atoms with Gasteiger partial charge in [-0.05, 0) is 50.0 Å². The molecule has 168 valence electrons. The first-order chi connectivity index (χ1) is 14.6. The molecule has 0 aliphatic carbocycles. The summed E-state index contributed by atoms with van der Waals surface area (Å²) in [6.45, 7) is 7.93. The monoisotopic (exact) mass is 418 g/mol. The van der Waals surface area contributed by atoms with E-state index in [9.17, 15) is 9.90 Å². The van der Waals surface area contributed by atoms with Gasteiger partial charge < -0.3 is 24.8 Å². The largest absolute Gasteiger partial charge is 0.486 e. The van der Waals surface area contributed by atoms with Crippen molar-refractivity contribution >= 4 is 5.91 Å². The van der Waals surface area contributed by atoms with Crippen LogP contribution >= 0.6 is 0 Å². The Hall–Kier alpha value is -1.79. The molecule has 0 saturated carbocycles. The number of carbonyl (C=O) groups is 1. The van der Waals surface area contributed by atoms with Gasteiger partial charge in [-0.1, -0.05) is 45.6 Å². The van der Waals surface area contributed by atoms with Crippen LogP contribution in [0.5, 0.6) is 11.5 Å². The van der Waals surface area contributed by atoms with Crippen molar-refractivity contribution < 1.29 is 19.4 Å². The van der Waals surface area contributed by atoms with Crippen LogP contribution in [0.15, 0.2) is 18.2 Å². The minimum Gasteiger partial charge on any atom is -0.486 e. The fourth-order valence-corrected chi connectivity index (χ4v) is 4.28. The van der Waals surface area contributed by atoms with Crippen molar-refractivity contribution in [3.63, 3.8) is 0 Å². The number of unbranched alkanes of at least 4 members (excludes halogenated alkanes) is 3. The molecule has 3 atom stereocenters. The highest BCUT2D eigenvalue weighted by Crippen LogP contribution is 2.33. The zero-order valence-corrected chi connectivity index (χ0v) is 18.6. The molecule has 3 unspecified atom stereocenters. The number of nitrogens with zero attached hydrogens (tertiary/aromatic N) is 1. The first-order valence-corrected chi connectivity index (χ1v) is 11.7. The Balaban J connectivity index is 1.66. The van der Waals surface area contributed by atoms with Crippen LogP contribution in [0.4, 0.5) is 0 Å². The highest BCUT2D eigenvalue weighted by atomic mass is 16.6. The molecule has 0 bridgehead atoms. The molecule has 1 saturated heterocycles. The molecule has 2 aliphatic heterocycles. The van der Waals surface area contributed by atoms with Gasteiger partial charge in [0.05, 0.1) is 6.04 Å². The molecule has 1 fully saturated rings. The van der Waals surface area contributed by atoms with Crippen molar-refractivity contribution in [3.8, 4) is 11.5 Å². The van der Waals surface area contributed by atoms with Crippen molar-refractivity contribution in [1.29, 1.82) is 0 Å². The molecule has 3 rings (SSSR count). The molecular weight excluding hydrogens is 380 g/mol. The molecule has 0 radical (unpaired) electrons. The quantitative estimate of drug-likeness (QED) is 0.537. The van der Waals surface area contributed by atoms with Gasteiger partial charge in [0.2, 0.25) is 5.91 Å². The summed E-state index contributed by atoms with van der Waals surface area (Å²) < 4.78 is 11.3. The number of carbonyl (C=O) groups excluding carboxylic acids is 1. The second-order valence-corrected chi connectivity index (χ2v) is 8.72. The number of nitrogens with one attached hydrogen (secondary N) is 1. The van der Waals surface area contributed by atoms with Crippen molar-refractivity contribution in [3.05, 3.63) is 23.8 Å². The Morgan fingerprint density at radius 1 is 1.13 bits per heavy atom. The molecule has 0 aromatic heterocycles. The van der Waals surface area contributed by atoms with E-state index in [1.165, 1.54) is 32.1 Å². The highest BCUT2D eigenvalue weighted by molar-refractivity contribution is 5.78. The van der Waals surface area contributed by atoms with E-state index in [1.54, 1.807) is 0 Å². The lowest BCUT2D eigenvalue weighted by molar-refractivity contribution is -0.126. The number of aliphatic hydroxyl groups excluding tert-OH is 1. The van der Waals surface area contributed by atoms with Gasteiger partial charge in [-0.25, -0.2) is 0 Å². The predicted molar refractivity (Wildman–Crippen MR) is 118 cm³/mol. The van der Waals surface area contributed by atoms with Gasteiger partial charge in [0.1, 0.15) is 19.3 Å². The van der Waals surface area contributed by atoms with E-state index >= 15 is 0 Å². The molecule has 1 aromatic rings. The second-order valence-electron chi connectivity index (χ2n) is 8.72. The maximum atomic E-state index is 12.9. The number of hydrogen-bond acceptors (Lipinski definition) is 5. The molecular formula is C24H38N2O4. The molecule has 2 aliphatic rings. The first-order valence-electron chi connectivity index (χ1n) is 11.7. The molecule has 6 nitrogen and oxygen atoms in total. The van der Waals surface area contributed by atoms with Gasteiger partial charge in [-0.15, -0.1) is 0 Å². The summed E-state index contributed by atoms with van der Waals surface area (Å²) >= 11 is 0. The number of fused-ring (bicyclic) bond motifs is 1. The topological polar surface area (TPSA) is 71.0 Å². The van der Waals surface area contributed by atoms with Crippen LogP contribution < -0.4 is 14.8 Å². The van der Waals surface area contributed by atoms with Gasteiger partial charge >= 0.3 is 0 Å². The summed E-state index contributed by atoms with van der Waals surface area (Å²) in [5.41, 5.74) is 0.749. The average Bonchev–Trinajstić information content (AvgIpc) is 3.28. The van der Waals surface area contributed by atoms with Gasteiger partial charge in [0.15, 0.2) is 11.5 Å². The van der Waals surface area contributed by atoms with Crippen molar-refractivity contribution in [2.24, 2.45) is 5.92 Å². The van der Waals surface area contributed by atoms with E-state index in [-0.39, 0.29) is 17.9 Å². The van der Waals surface area contributed by atoms with Crippen molar-refractivity contribution in [2.45, 2.75) is 70.9 Å². The lowest BCUT2D eigenvalue weighted by atomic mass is 9.98. The number of benzene rings is 1. The van der Waals surface area contributed by atoms with Crippen LogP contribution in [-0.2, 0) is 4.79 Å². The summed E-state index contributed by atoms with van der Waals surface area (Å²) in [7, 11) is 0. The minimum atomic E-state index is -0.794. The van der Waals surface area contributed by atoms with E-state index in [4.69, 9.17) is 9.47 Å². The third-order valence-electron chi connectivity index (χ3n) is 6.21. The number of ether oxygens (including phenoxy) is 2. The standard InChI is InChI=1S/C24H38N2O4/c1-3-4-5-6-9-18(2)24(28)25-20(17-26-12-7-8-13-26)23(27)19-10-11-21-22(16-19)30-15-14-29-21/h10-11,16,18,20,23,27H,3-9,12-15,17H2,1-2H3,(H,25,28). The van der Waals surface area contributed by atoms with E-state index in [0.717, 1.165) is 31.5 Å². The SMILES string of the molecule is CCCCCCC(C)C(=O)NC(CN1CCCC1)C(O)c1ccc2c(c1)OCCO2. The van der Waals surface area contributed by atoms with Gasteiger partial charge in [0, 0.05) is 12.5 Å². The molecule has 2 heterocycles. The molecule has 6 heteroatoms. The number of likely N-dealkylation sites (tertiary alicyclic amines) is 1. The van der Waals surface area contributed by atoms with Crippen LogP contribution in [0.3, 0.4) is 0 Å². The summed E-state index contributed by atoms with van der Waals surface area (Å²) in [5, 5.41) is 14.3. The van der Waals surface area contributed by atoms with Crippen LogP contribution in [0.2, 0.25) is 0 Å². The number of hydrogen-bond donors (Lipinski definition) is 2. The normalized spacial score (nSPS) is 19.3. The Kier molecular flexibility index (Phi) is 8.82. The van der Waals surface area contributed by atoms with E-state index in [0.29, 0.717) is 31.3 Å². The molecule has 30 heavy (non-hydrogen) atoms. The fraction of sp³-hybridized carbons (Fsp3) is 0.708. The van der Waals surface area contributed by atoms with Crippen LogP contribution in [0.1, 0.15) is 70.5 Å². The Morgan fingerprint density at radius 2 is 1.87 bits per heavy atom. The van der Waals surface area contributed by atoms with E-state index < -0.39 is 6.10 Å². The van der Waals surface area contributed by atoms with Gasteiger partial charge in [0.25, 0.3) is 0 Å². The second kappa shape index (κ2) is 11.6. The summed E-state index contributed by atoms with van der Waals surface area (Å²) in [6.07, 6.45) is 7.10. The Labute approximate surface area is 180 Å². The molecule has 1 aromatic carbocycles. The van der Waals surface area contributed by atoms with E-state index in [1.807, 2.05) is 25.1 Å². The van der Waals surface area contributed by atoms with Crippen molar-refractivity contribution in [2.75, 3.05) is 32.8 Å². The highest BCUT2D eigenvalue weighted by Gasteiger charge is 2.29. The zero-order valence-electron chi connectivity index (χ0n) is 18.6. The average molecular weight is 419 g/mol. The zero-order chi connectivity index (χ0) is 21.3. The van der Waals surface area contributed by atoms with Crippen LogP contribution in [0, 0.1) is 5.92 Å². The van der Waals surface area contributed by atoms with E-state index in [2.05, 4.69) is 17.1 Å². The Morgan fingerprint density at radius 3 is 2.60 bits per heavy atom. The summed E-state index contributed by atoms with van der Waals surface area (Å²) in [5.74, 6) is 1.36. The lowest BCUT2D eigenvalue weighted by Crippen LogP contribution is -2.48.